The predicted molar refractivity (Wildman–Crippen MR) is 112 cm³/mol. The zero-order valence-electron chi connectivity index (χ0n) is 17.8. The molecule has 0 amide bonds. The molecule has 28 heavy (non-hydrogen) atoms. The molecule has 6 heteroatoms. The average Bonchev–Trinajstić information content (AvgIpc) is 3.01. The molecule has 0 fully saturated rings. The van der Waals surface area contributed by atoms with Crippen LogP contribution in [0.15, 0.2) is 35.8 Å². The lowest BCUT2D eigenvalue weighted by Crippen LogP contribution is -2.08. The van der Waals surface area contributed by atoms with Gasteiger partial charge in [-0.25, -0.2) is 4.98 Å². The van der Waals surface area contributed by atoms with E-state index in [0.29, 0.717) is 30.5 Å². The number of aryl methyl sites for hydroxylation is 3. The first-order valence-corrected chi connectivity index (χ1v) is 9.54. The number of aromatic nitrogens is 2. The minimum absolute atomic E-state index is 0.599. The molecule has 0 atom stereocenters. The van der Waals surface area contributed by atoms with Crippen molar-refractivity contribution in [2.75, 3.05) is 20.3 Å². The van der Waals surface area contributed by atoms with Crippen LogP contribution in [0.3, 0.4) is 0 Å². The van der Waals surface area contributed by atoms with Crippen molar-refractivity contribution in [3.8, 4) is 11.6 Å². The molecule has 1 heterocycles. The van der Waals surface area contributed by atoms with Crippen LogP contribution in [0.4, 0.5) is 0 Å². The number of nitrogens with zero attached hydrogens (tertiary/aromatic N) is 3. The molecule has 0 saturated carbocycles. The van der Waals surface area contributed by atoms with Crippen molar-refractivity contribution in [3.63, 3.8) is 0 Å². The lowest BCUT2D eigenvalue weighted by atomic mass is 9.98. The van der Waals surface area contributed by atoms with Gasteiger partial charge in [0.15, 0.2) is 0 Å². The van der Waals surface area contributed by atoms with E-state index in [2.05, 4.69) is 36.1 Å². The lowest BCUT2D eigenvalue weighted by Gasteiger charge is -2.14. The highest BCUT2D eigenvalue weighted by Gasteiger charge is 2.14. The number of rotatable bonds is 10. The summed E-state index contributed by atoms with van der Waals surface area (Å²) in [6.45, 7) is 9.31. The topological polar surface area (TPSA) is 57.9 Å². The quantitative estimate of drug-likeness (QED) is 0.264. The fourth-order valence-electron chi connectivity index (χ4n) is 3.11. The fourth-order valence-corrected chi connectivity index (χ4v) is 3.11. The molecule has 0 radical (unpaired) electrons. The minimum Gasteiger partial charge on any atom is -0.490 e. The Bertz CT molecular complexity index is 815. The molecule has 1 aromatic carbocycles. The first-order valence-electron chi connectivity index (χ1n) is 9.54. The Balaban J connectivity index is 1.96. The molecule has 0 aliphatic heterocycles. The van der Waals surface area contributed by atoms with E-state index in [-0.39, 0.29) is 0 Å². The summed E-state index contributed by atoms with van der Waals surface area (Å²) in [5.74, 6) is 1.63. The number of imidazole rings is 1. The summed E-state index contributed by atoms with van der Waals surface area (Å²) in [6.07, 6.45) is 7.57. The van der Waals surface area contributed by atoms with E-state index in [4.69, 9.17) is 14.3 Å². The molecule has 0 saturated heterocycles. The molecule has 0 aliphatic rings. The van der Waals surface area contributed by atoms with Gasteiger partial charge in [0.05, 0.1) is 12.9 Å². The van der Waals surface area contributed by atoms with Crippen LogP contribution in [0, 0.1) is 13.8 Å². The van der Waals surface area contributed by atoms with Gasteiger partial charge in [-0.3, -0.25) is 0 Å². The summed E-state index contributed by atoms with van der Waals surface area (Å²) in [7, 11) is 3.43. The number of ether oxygens (including phenoxy) is 2. The van der Waals surface area contributed by atoms with E-state index in [9.17, 15) is 0 Å². The Kier molecular flexibility index (Phi) is 8.11. The van der Waals surface area contributed by atoms with Crippen molar-refractivity contribution in [1.29, 1.82) is 0 Å². The minimum atomic E-state index is 0.599. The molecular formula is C22H31N3O3. The standard InChI is InChI=1S/C22H31N3O3/c1-7-8-11-27-19-13-16(2)20(17(3)14-19)10-9-12-28-22-21(18(4)24-26-6)23-15-25(22)5/h7-8,13-15H,9-12H2,1-6H3/b8-7+,24-18?. The van der Waals surface area contributed by atoms with Gasteiger partial charge in [-0.15, -0.1) is 0 Å². The molecule has 0 bridgehead atoms. The summed E-state index contributed by atoms with van der Waals surface area (Å²) in [6, 6.07) is 4.22. The van der Waals surface area contributed by atoms with Gasteiger partial charge < -0.3 is 18.9 Å². The smallest absolute Gasteiger partial charge is 0.223 e. The Hall–Kier alpha value is -2.76. The Labute approximate surface area is 167 Å². The highest BCUT2D eigenvalue weighted by molar-refractivity contribution is 5.98. The van der Waals surface area contributed by atoms with Crippen molar-refractivity contribution in [3.05, 3.63) is 53.0 Å². The molecule has 0 N–H and O–H groups in total. The van der Waals surface area contributed by atoms with Gasteiger partial charge in [-0.05, 0) is 69.4 Å². The monoisotopic (exact) mass is 385 g/mol. The maximum atomic E-state index is 6.00. The first-order chi connectivity index (χ1) is 13.5. The van der Waals surface area contributed by atoms with Crippen LogP contribution in [0.5, 0.6) is 11.6 Å². The molecule has 152 valence electrons. The zero-order chi connectivity index (χ0) is 20.5. The van der Waals surface area contributed by atoms with Gasteiger partial charge in [0, 0.05) is 7.05 Å². The van der Waals surface area contributed by atoms with Crippen LogP contribution in [0.25, 0.3) is 0 Å². The van der Waals surface area contributed by atoms with E-state index >= 15 is 0 Å². The molecule has 0 aliphatic carbocycles. The molecule has 2 rings (SSSR count). The zero-order valence-corrected chi connectivity index (χ0v) is 17.8. The van der Waals surface area contributed by atoms with Crippen LogP contribution in [0.2, 0.25) is 0 Å². The lowest BCUT2D eigenvalue weighted by molar-refractivity contribution is 0.213. The number of allylic oxidation sites excluding steroid dienone is 1. The van der Waals surface area contributed by atoms with E-state index in [1.54, 1.807) is 6.33 Å². The van der Waals surface area contributed by atoms with Crippen molar-refractivity contribution in [1.82, 2.24) is 9.55 Å². The van der Waals surface area contributed by atoms with Gasteiger partial charge in [-0.1, -0.05) is 17.3 Å². The van der Waals surface area contributed by atoms with E-state index in [0.717, 1.165) is 18.6 Å². The van der Waals surface area contributed by atoms with Crippen molar-refractivity contribution in [2.24, 2.45) is 12.2 Å². The Morgan fingerprint density at radius 1 is 1.21 bits per heavy atom. The highest BCUT2D eigenvalue weighted by Crippen LogP contribution is 2.24. The van der Waals surface area contributed by atoms with E-state index < -0.39 is 0 Å². The second-order valence-corrected chi connectivity index (χ2v) is 6.74. The number of benzene rings is 1. The Morgan fingerprint density at radius 3 is 2.57 bits per heavy atom. The summed E-state index contributed by atoms with van der Waals surface area (Å²) in [5.41, 5.74) is 5.25. The number of hydrogen-bond donors (Lipinski definition) is 0. The second kappa shape index (κ2) is 10.5. The summed E-state index contributed by atoms with van der Waals surface area (Å²) in [4.78, 5) is 9.19. The van der Waals surface area contributed by atoms with Gasteiger partial charge in [-0.2, -0.15) is 0 Å². The average molecular weight is 386 g/mol. The first kappa shape index (κ1) is 21.5. The predicted octanol–water partition coefficient (Wildman–Crippen LogP) is 4.37. The molecule has 0 spiro atoms. The number of hydrogen-bond acceptors (Lipinski definition) is 5. The Morgan fingerprint density at radius 2 is 1.93 bits per heavy atom. The van der Waals surface area contributed by atoms with Gasteiger partial charge in [0.25, 0.3) is 0 Å². The van der Waals surface area contributed by atoms with Crippen molar-refractivity contribution < 1.29 is 14.3 Å². The van der Waals surface area contributed by atoms with Crippen LogP contribution in [-0.4, -0.2) is 35.6 Å². The van der Waals surface area contributed by atoms with Crippen LogP contribution in [-0.2, 0) is 18.3 Å². The SMILES string of the molecule is C/C=C/COc1cc(C)c(CCCOc2c(C(C)=NOC)ncn2C)c(C)c1. The largest absolute Gasteiger partial charge is 0.490 e. The third-order valence-corrected chi connectivity index (χ3v) is 4.52. The third-order valence-electron chi connectivity index (χ3n) is 4.52. The highest BCUT2D eigenvalue weighted by atomic mass is 16.6. The second-order valence-electron chi connectivity index (χ2n) is 6.74. The van der Waals surface area contributed by atoms with E-state index in [1.165, 1.54) is 23.8 Å². The van der Waals surface area contributed by atoms with Gasteiger partial charge in [0.2, 0.25) is 5.88 Å². The number of oxime groups is 1. The summed E-state index contributed by atoms with van der Waals surface area (Å²) in [5, 5.41) is 3.95. The maximum absolute atomic E-state index is 6.00. The maximum Gasteiger partial charge on any atom is 0.223 e. The molecule has 6 nitrogen and oxygen atoms in total. The van der Waals surface area contributed by atoms with Crippen LogP contribution in [0.1, 0.15) is 42.7 Å². The van der Waals surface area contributed by atoms with E-state index in [1.807, 2.05) is 37.6 Å². The fraction of sp³-hybridized carbons (Fsp3) is 0.455. The van der Waals surface area contributed by atoms with Crippen molar-refractivity contribution in [2.45, 2.75) is 40.5 Å². The molecule has 0 unspecified atom stereocenters. The van der Waals surface area contributed by atoms with Gasteiger partial charge in [0.1, 0.15) is 30.9 Å². The van der Waals surface area contributed by atoms with Crippen LogP contribution < -0.4 is 9.47 Å². The normalized spacial score (nSPS) is 11.9. The van der Waals surface area contributed by atoms with Crippen LogP contribution >= 0.6 is 0 Å². The summed E-state index contributed by atoms with van der Waals surface area (Å²) < 4.78 is 13.6. The van der Waals surface area contributed by atoms with Gasteiger partial charge >= 0.3 is 0 Å². The molecular weight excluding hydrogens is 354 g/mol. The van der Waals surface area contributed by atoms with Crippen molar-refractivity contribution >= 4 is 5.71 Å². The molecule has 2 aromatic rings. The summed E-state index contributed by atoms with van der Waals surface area (Å²) >= 11 is 0. The third kappa shape index (κ3) is 5.62. The molecule has 1 aromatic heterocycles.